The van der Waals surface area contributed by atoms with Gasteiger partial charge < -0.3 is 15.2 Å². The van der Waals surface area contributed by atoms with Gasteiger partial charge in [0.1, 0.15) is 5.75 Å². The molecule has 1 aromatic carbocycles. The van der Waals surface area contributed by atoms with E-state index in [2.05, 4.69) is 21.2 Å². The predicted octanol–water partition coefficient (Wildman–Crippen LogP) is 2.73. The summed E-state index contributed by atoms with van der Waals surface area (Å²) in [7, 11) is 0. The average molecular weight is 356 g/mol. The van der Waals surface area contributed by atoms with E-state index in [0.29, 0.717) is 5.75 Å². The molecule has 1 saturated carbocycles. The van der Waals surface area contributed by atoms with E-state index < -0.39 is 11.5 Å². The molecule has 0 atom stereocenters. The van der Waals surface area contributed by atoms with Crippen molar-refractivity contribution in [2.24, 2.45) is 0 Å². The summed E-state index contributed by atoms with van der Waals surface area (Å²) in [6.45, 7) is 0.269. The molecule has 1 aliphatic rings. The number of ether oxygens (including phenoxy) is 1. The molecule has 1 amide bonds. The summed E-state index contributed by atoms with van der Waals surface area (Å²) in [6.07, 6.45) is 2.64. The fourth-order valence-corrected chi connectivity index (χ4v) is 2.79. The third kappa shape index (κ3) is 4.74. The predicted molar refractivity (Wildman–Crippen MR) is 81.2 cm³/mol. The lowest BCUT2D eigenvalue weighted by molar-refractivity contribution is -0.140. The standard InChI is InChI=1S/C15H18BrNO4/c16-11-3-1-4-12(9-11)21-8-5-13(18)17-15(6-2-7-15)10-14(19)20/h1,3-4,9H,2,5-8,10H2,(H,17,18)(H,19,20). The number of amides is 1. The molecule has 6 heteroatoms. The van der Waals surface area contributed by atoms with Gasteiger partial charge in [-0.25, -0.2) is 0 Å². The molecule has 0 unspecified atom stereocenters. The molecule has 0 radical (unpaired) electrons. The Labute approximate surface area is 131 Å². The van der Waals surface area contributed by atoms with Crippen LogP contribution in [0.5, 0.6) is 5.75 Å². The van der Waals surface area contributed by atoms with E-state index >= 15 is 0 Å². The highest BCUT2D eigenvalue weighted by Crippen LogP contribution is 2.34. The monoisotopic (exact) mass is 355 g/mol. The van der Waals surface area contributed by atoms with Crippen molar-refractivity contribution in [1.29, 1.82) is 0 Å². The fourth-order valence-electron chi connectivity index (χ4n) is 2.42. The van der Waals surface area contributed by atoms with Crippen molar-refractivity contribution in [3.05, 3.63) is 28.7 Å². The summed E-state index contributed by atoms with van der Waals surface area (Å²) >= 11 is 3.35. The van der Waals surface area contributed by atoms with Crippen molar-refractivity contribution < 1.29 is 19.4 Å². The first-order chi connectivity index (χ1) is 9.99. The summed E-state index contributed by atoms with van der Waals surface area (Å²) in [5.41, 5.74) is -0.543. The lowest BCUT2D eigenvalue weighted by Crippen LogP contribution is -2.54. The summed E-state index contributed by atoms with van der Waals surface area (Å²) in [5, 5.41) is 11.7. The molecule has 0 aliphatic heterocycles. The van der Waals surface area contributed by atoms with E-state index in [9.17, 15) is 9.59 Å². The molecule has 2 rings (SSSR count). The van der Waals surface area contributed by atoms with Gasteiger partial charge in [-0.1, -0.05) is 22.0 Å². The van der Waals surface area contributed by atoms with Gasteiger partial charge >= 0.3 is 5.97 Å². The van der Waals surface area contributed by atoms with Crippen molar-refractivity contribution in [3.63, 3.8) is 0 Å². The van der Waals surface area contributed by atoms with Crippen LogP contribution in [0, 0.1) is 0 Å². The maximum atomic E-state index is 11.9. The van der Waals surface area contributed by atoms with Crippen LogP contribution in [0.4, 0.5) is 0 Å². The third-order valence-corrected chi connectivity index (χ3v) is 4.09. The smallest absolute Gasteiger partial charge is 0.305 e. The lowest BCUT2D eigenvalue weighted by atomic mass is 9.74. The quantitative estimate of drug-likeness (QED) is 0.788. The van der Waals surface area contributed by atoms with Crippen LogP contribution in [0.25, 0.3) is 0 Å². The number of nitrogens with one attached hydrogen (secondary N) is 1. The zero-order chi connectivity index (χ0) is 15.3. The molecule has 1 fully saturated rings. The van der Waals surface area contributed by atoms with Crippen LogP contribution in [0.1, 0.15) is 32.1 Å². The number of aliphatic carboxylic acids is 1. The van der Waals surface area contributed by atoms with Crippen molar-refractivity contribution in [1.82, 2.24) is 5.32 Å². The summed E-state index contributed by atoms with van der Waals surface area (Å²) in [6, 6.07) is 7.40. The van der Waals surface area contributed by atoms with Crippen LogP contribution in [0.15, 0.2) is 28.7 Å². The summed E-state index contributed by atoms with van der Waals surface area (Å²) < 4.78 is 6.41. The van der Waals surface area contributed by atoms with Crippen LogP contribution < -0.4 is 10.1 Å². The SMILES string of the molecule is O=C(O)CC1(NC(=O)CCOc2cccc(Br)c2)CCC1. The Morgan fingerprint density at radius 2 is 2.14 bits per heavy atom. The van der Waals surface area contributed by atoms with E-state index in [-0.39, 0.29) is 25.4 Å². The van der Waals surface area contributed by atoms with Crippen LogP contribution in [-0.4, -0.2) is 29.1 Å². The molecule has 0 heterocycles. The van der Waals surface area contributed by atoms with Crippen LogP contribution >= 0.6 is 15.9 Å². The fraction of sp³-hybridized carbons (Fsp3) is 0.467. The minimum Gasteiger partial charge on any atom is -0.493 e. The van der Waals surface area contributed by atoms with Gasteiger partial charge in [-0.15, -0.1) is 0 Å². The number of carboxylic acids is 1. The van der Waals surface area contributed by atoms with E-state index in [1.807, 2.05) is 24.3 Å². The lowest BCUT2D eigenvalue weighted by Gasteiger charge is -2.41. The highest BCUT2D eigenvalue weighted by Gasteiger charge is 2.40. The van der Waals surface area contributed by atoms with Gasteiger partial charge in [0.05, 0.1) is 25.0 Å². The molecule has 1 aromatic rings. The van der Waals surface area contributed by atoms with Crippen LogP contribution in [0.3, 0.4) is 0 Å². The zero-order valence-electron chi connectivity index (χ0n) is 11.6. The number of carbonyl (C=O) groups excluding carboxylic acids is 1. The van der Waals surface area contributed by atoms with Gasteiger partial charge in [0.2, 0.25) is 5.91 Å². The number of carboxylic acid groups (broad SMARTS) is 1. The molecule has 0 spiro atoms. The van der Waals surface area contributed by atoms with E-state index in [0.717, 1.165) is 23.7 Å². The molecule has 21 heavy (non-hydrogen) atoms. The van der Waals surface area contributed by atoms with Gasteiger partial charge in [0.25, 0.3) is 0 Å². The van der Waals surface area contributed by atoms with Gasteiger partial charge in [0.15, 0.2) is 0 Å². The first kappa shape index (κ1) is 15.8. The molecule has 1 aliphatic carbocycles. The number of carbonyl (C=O) groups is 2. The average Bonchev–Trinajstić information content (AvgIpc) is 2.35. The Balaban J connectivity index is 1.76. The Morgan fingerprint density at radius 1 is 1.38 bits per heavy atom. The number of hydrogen-bond donors (Lipinski definition) is 2. The number of halogens is 1. The normalized spacial score (nSPS) is 15.9. The largest absolute Gasteiger partial charge is 0.493 e. The van der Waals surface area contributed by atoms with E-state index in [4.69, 9.17) is 9.84 Å². The summed E-state index contributed by atoms with van der Waals surface area (Å²) in [5.74, 6) is -0.340. The van der Waals surface area contributed by atoms with E-state index in [1.165, 1.54) is 0 Å². The molecule has 0 bridgehead atoms. The Hall–Kier alpha value is -1.56. The highest BCUT2D eigenvalue weighted by atomic mass is 79.9. The van der Waals surface area contributed by atoms with Crippen molar-refractivity contribution in [2.45, 2.75) is 37.6 Å². The minimum absolute atomic E-state index is 0.00870. The minimum atomic E-state index is -0.875. The molecule has 114 valence electrons. The molecular weight excluding hydrogens is 338 g/mol. The summed E-state index contributed by atoms with van der Waals surface area (Å²) in [4.78, 5) is 22.7. The Bertz CT molecular complexity index is 528. The molecule has 0 saturated heterocycles. The van der Waals surface area contributed by atoms with Crippen molar-refractivity contribution >= 4 is 27.8 Å². The number of benzene rings is 1. The topological polar surface area (TPSA) is 75.6 Å². The first-order valence-corrected chi connectivity index (χ1v) is 7.70. The van der Waals surface area contributed by atoms with Crippen LogP contribution in [0.2, 0.25) is 0 Å². The Kier molecular flexibility index (Phi) is 5.22. The number of rotatable bonds is 7. The van der Waals surface area contributed by atoms with Gasteiger partial charge in [-0.05, 0) is 37.5 Å². The second-order valence-corrected chi connectivity index (χ2v) is 6.22. The maximum Gasteiger partial charge on any atom is 0.305 e. The second-order valence-electron chi connectivity index (χ2n) is 5.31. The number of hydrogen-bond acceptors (Lipinski definition) is 3. The van der Waals surface area contributed by atoms with Crippen LogP contribution in [-0.2, 0) is 9.59 Å². The van der Waals surface area contributed by atoms with Crippen molar-refractivity contribution in [3.8, 4) is 5.75 Å². The second kappa shape index (κ2) is 6.93. The van der Waals surface area contributed by atoms with Gasteiger partial charge in [-0.3, -0.25) is 9.59 Å². The molecule has 0 aromatic heterocycles. The molecule has 2 N–H and O–H groups in total. The third-order valence-electron chi connectivity index (χ3n) is 3.60. The Morgan fingerprint density at radius 3 is 2.71 bits per heavy atom. The molecular formula is C15H18BrNO4. The van der Waals surface area contributed by atoms with Crippen molar-refractivity contribution in [2.75, 3.05) is 6.61 Å². The van der Waals surface area contributed by atoms with Gasteiger partial charge in [-0.2, -0.15) is 0 Å². The van der Waals surface area contributed by atoms with E-state index in [1.54, 1.807) is 0 Å². The first-order valence-electron chi connectivity index (χ1n) is 6.90. The highest BCUT2D eigenvalue weighted by molar-refractivity contribution is 9.10. The zero-order valence-corrected chi connectivity index (χ0v) is 13.2. The van der Waals surface area contributed by atoms with Gasteiger partial charge in [0, 0.05) is 4.47 Å². The molecule has 5 nitrogen and oxygen atoms in total. The maximum absolute atomic E-state index is 11.9.